The van der Waals surface area contributed by atoms with Gasteiger partial charge in [-0.2, -0.15) is 0 Å². The van der Waals surface area contributed by atoms with Gasteiger partial charge in [0.2, 0.25) is 0 Å². The number of aliphatic hydroxyl groups excluding tert-OH is 1. The number of nitrogens with one attached hydrogen (secondary N) is 2. The molecule has 0 aromatic heterocycles. The first-order valence-corrected chi connectivity index (χ1v) is 5.99. The van der Waals surface area contributed by atoms with Crippen molar-refractivity contribution in [2.45, 2.75) is 25.3 Å². The SMILES string of the molecule is CC(CO)(NC(=O)Nc1cccc(F)c1)C1CC1. The maximum Gasteiger partial charge on any atom is 0.319 e. The second-order valence-corrected chi connectivity index (χ2v) is 4.94. The number of benzene rings is 1. The molecule has 4 nitrogen and oxygen atoms in total. The van der Waals surface area contributed by atoms with Crippen LogP contribution in [-0.2, 0) is 0 Å². The molecular weight excluding hydrogens is 235 g/mol. The van der Waals surface area contributed by atoms with Gasteiger partial charge in [-0.05, 0) is 43.9 Å². The molecule has 1 aliphatic rings. The fourth-order valence-electron chi connectivity index (χ4n) is 1.98. The van der Waals surface area contributed by atoms with Crippen LogP contribution in [0.25, 0.3) is 0 Å². The van der Waals surface area contributed by atoms with Crippen molar-refractivity contribution in [3.05, 3.63) is 30.1 Å². The number of carbonyl (C=O) groups excluding carboxylic acids is 1. The second-order valence-electron chi connectivity index (χ2n) is 4.94. The summed E-state index contributed by atoms with van der Waals surface area (Å²) in [5.41, 5.74) is -0.208. The summed E-state index contributed by atoms with van der Waals surface area (Å²) in [7, 11) is 0. The average Bonchev–Trinajstić information content (AvgIpc) is 3.12. The lowest BCUT2D eigenvalue weighted by Gasteiger charge is -2.28. The summed E-state index contributed by atoms with van der Waals surface area (Å²) in [5.74, 6) is -0.0827. The Morgan fingerprint density at radius 1 is 1.56 bits per heavy atom. The second kappa shape index (κ2) is 4.94. The van der Waals surface area contributed by atoms with Crippen LogP contribution < -0.4 is 10.6 Å². The topological polar surface area (TPSA) is 61.4 Å². The van der Waals surface area contributed by atoms with E-state index in [2.05, 4.69) is 10.6 Å². The van der Waals surface area contributed by atoms with E-state index in [1.54, 1.807) is 6.07 Å². The standard InChI is InChI=1S/C13H17FN2O2/c1-13(8-17,9-5-6-9)16-12(18)15-11-4-2-3-10(14)7-11/h2-4,7,9,17H,5-6,8H2,1H3,(H2,15,16,18). The zero-order valence-corrected chi connectivity index (χ0v) is 10.2. The van der Waals surface area contributed by atoms with Gasteiger partial charge >= 0.3 is 6.03 Å². The average molecular weight is 252 g/mol. The van der Waals surface area contributed by atoms with Crippen LogP contribution in [0.4, 0.5) is 14.9 Å². The van der Waals surface area contributed by atoms with Crippen molar-refractivity contribution in [3.8, 4) is 0 Å². The van der Waals surface area contributed by atoms with E-state index in [0.29, 0.717) is 11.6 Å². The molecule has 1 saturated carbocycles. The number of anilines is 1. The van der Waals surface area contributed by atoms with E-state index in [1.165, 1.54) is 18.2 Å². The monoisotopic (exact) mass is 252 g/mol. The van der Waals surface area contributed by atoms with Gasteiger partial charge in [0, 0.05) is 5.69 Å². The van der Waals surface area contributed by atoms with Crippen molar-refractivity contribution in [2.24, 2.45) is 5.92 Å². The van der Waals surface area contributed by atoms with Gasteiger partial charge < -0.3 is 15.7 Å². The van der Waals surface area contributed by atoms with E-state index in [9.17, 15) is 14.3 Å². The fourth-order valence-corrected chi connectivity index (χ4v) is 1.98. The van der Waals surface area contributed by atoms with Crippen molar-refractivity contribution in [1.29, 1.82) is 0 Å². The Morgan fingerprint density at radius 2 is 2.28 bits per heavy atom. The number of urea groups is 1. The van der Waals surface area contributed by atoms with Crippen LogP contribution in [0.2, 0.25) is 0 Å². The van der Waals surface area contributed by atoms with E-state index in [1.807, 2.05) is 6.92 Å². The van der Waals surface area contributed by atoms with Crippen molar-refractivity contribution >= 4 is 11.7 Å². The molecule has 1 fully saturated rings. The third-order valence-corrected chi connectivity index (χ3v) is 3.29. The summed E-state index contributed by atoms with van der Waals surface area (Å²) in [4.78, 5) is 11.8. The predicted octanol–water partition coefficient (Wildman–Crippen LogP) is 2.11. The number of carbonyl (C=O) groups is 1. The van der Waals surface area contributed by atoms with Crippen LogP contribution in [0, 0.1) is 11.7 Å². The summed E-state index contributed by atoms with van der Waals surface area (Å²) in [6.07, 6.45) is 2.02. The van der Waals surface area contributed by atoms with Crippen LogP contribution in [-0.4, -0.2) is 23.3 Å². The Hall–Kier alpha value is -1.62. The Labute approximate surface area is 105 Å². The predicted molar refractivity (Wildman–Crippen MR) is 66.8 cm³/mol. The normalized spacial score (nSPS) is 17.9. The molecule has 0 saturated heterocycles. The van der Waals surface area contributed by atoms with Gasteiger partial charge in [0.15, 0.2) is 0 Å². The smallest absolute Gasteiger partial charge is 0.319 e. The summed E-state index contributed by atoms with van der Waals surface area (Å²) >= 11 is 0. The van der Waals surface area contributed by atoms with Crippen LogP contribution in [0.1, 0.15) is 19.8 Å². The first kappa shape index (κ1) is 12.8. The molecule has 1 aliphatic carbocycles. The molecular formula is C13H17FN2O2. The molecule has 0 spiro atoms. The highest BCUT2D eigenvalue weighted by atomic mass is 19.1. The van der Waals surface area contributed by atoms with E-state index >= 15 is 0 Å². The molecule has 0 aliphatic heterocycles. The Morgan fingerprint density at radius 3 is 2.83 bits per heavy atom. The number of amides is 2. The van der Waals surface area contributed by atoms with E-state index in [0.717, 1.165) is 12.8 Å². The van der Waals surface area contributed by atoms with Gasteiger partial charge in [0.1, 0.15) is 5.82 Å². The lowest BCUT2D eigenvalue weighted by atomic mass is 9.97. The minimum Gasteiger partial charge on any atom is -0.394 e. The molecule has 2 rings (SSSR count). The van der Waals surface area contributed by atoms with Crippen LogP contribution in [0.5, 0.6) is 0 Å². The molecule has 18 heavy (non-hydrogen) atoms. The summed E-state index contributed by atoms with van der Waals surface area (Å²) in [6.45, 7) is 1.71. The molecule has 5 heteroatoms. The number of hydrogen-bond acceptors (Lipinski definition) is 2. The maximum absolute atomic E-state index is 12.9. The molecule has 2 amide bonds. The molecule has 0 radical (unpaired) electrons. The summed E-state index contributed by atoms with van der Waals surface area (Å²) in [5, 5.41) is 14.7. The summed E-state index contributed by atoms with van der Waals surface area (Å²) in [6, 6.07) is 5.26. The highest BCUT2D eigenvalue weighted by Crippen LogP contribution is 2.39. The van der Waals surface area contributed by atoms with Gasteiger partial charge in [-0.25, -0.2) is 9.18 Å². The lowest BCUT2D eigenvalue weighted by molar-refractivity contribution is 0.159. The van der Waals surface area contributed by atoms with Gasteiger partial charge in [-0.15, -0.1) is 0 Å². The number of halogens is 1. The van der Waals surface area contributed by atoms with E-state index < -0.39 is 17.4 Å². The zero-order valence-electron chi connectivity index (χ0n) is 10.2. The highest BCUT2D eigenvalue weighted by Gasteiger charge is 2.42. The van der Waals surface area contributed by atoms with E-state index in [-0.39, 0.29) is 6.61 Å². The zero-order chi connectivity index (χ0) is 13.2. The maximum atomic E-state index is 12.9. The van der Waals surface area contributed by atoms with Crippen molar-refractivity contribution in [3.63, 3.8) is 0 Å². The van der Waals surface area contributed by atoms with Crippen molar-refractivity contribution in [1.82, 2.24) is 5.32 Å². The Balaban J connectivity index is 1.96. The van der Waals surface area contributed by atoms with Crippen molar-refractivity contribution in [2.75, 3.05) is 11.9 Å². The van der Waals surface area contributed by atoms with Gasteiger partial charge in [-0.1, -0.05) is 6.07 Å². The molecule has 3 N–H and O–H groups in total. The number of aliphatic hydroxyl groups is 1. The first-order valence-electron chi connectivity index (χ1n) is 5.99. The molecule has 98 valence electrons. The number of hydrogen-bond donors (Lipinski definition) is 3. The molecule has 1 unspecified atom stereocenters. The van der Waals surface area contributed by atoms with Crippen molar-refractivity contribution < 1.29 is 14.3 Å². The highest BCUT2D eigenvalue weighted by molar-refractivity contribution is 5.89. The molecule has 1 aromatic carbocycles. The largest absolute Gasteiger partial charge is 0.394 e. The van der Waals surface area contributed by atoms with Crippen LogP contribution in [0.3, 0.4) is 0 Å². The quantitative estimate of drug-likeness (QED) is 0.768. The minimum absolute atomic E-state index is 0.103. The van der Waals surface area contributed by atoms with Gasteiger partial charge in [-0.3, -0.25) is 0 Å². The van der Waals surface area contributed by atoms with Crippen LogP contribution >= 0.6 is 0 Å². The van der Waals surface area contributed by atoms with Gasteiger partial charge in [0.05, 0.1) is 12.1 Å². The molecule has 0 bridgehead atoms. The van der Waals surface area contributed by atoms with E-state index in [4.69, 9.17) is 0 Å². The first-order chi connectivity index (χ1) is 8.53. The van der Waals surface area contributed by atoms with Gasteiger partial charge in [0.25, 0.3) is 0 Å². The minimum atomic E-state index is -0.600. The lowest BCUT2D eigenvalue weighted by Crippen LogP contribution is -2.52. The molecule has 1 aromatic rings. The number of rotatable bonds is 4. The Bertz CT molecular complexity index is 448. The third-order valence-electron chi connectivity index (χ3n) is 3.29. The summed E-state index contributed by atoms with van der Waals surface area (Å²) < 4.78 is 12.9. The molecule has 1 atom stereocenters. The van der Waals surface area contributed by atoms with Crippen LogP contribution in [0.15, 0.2) is 24.3 Å². The fraction of sp³-hybridized carbons (Fsp3) is 0.462. The Kier molecular flexibility index (Phi) is 3.52. The third kappa shape index (κ3) is 2.98. The molecule has 0 heterocycles.